The number of benzene rings is 1. The van der Waals surface area contributed by atoms with Gasteiger partial charge in [0.2, 0.25) is 0 Å². The molecule has 0 atom stereocenters. The van der Waals surface area contributed by atoms with Crippen molar-refractivity contribution in [3.8, 4) is 10.4 Å². The third kappa shape index (κ3) is 2.75. The number of carbonyl (C=O) groups is 1. The number of halogens is 1. The molecule has 1 aliphatic rings. The minimum Gasteiger partial charge on any atom is -0.328 e. The summed E-state index contributed by atoms with van der Waals surface area (Å²) < 4.78 is 0. The molecule has 0 bridgehead atoms. The molecule has 1 fully saturated rings. The number of hydrogen-bond donors (Lipinski definition) is 2. The monoisotopic (exact) mass is 320 g/mol. The van der Waals surface area contributed by atoms with Crippen molar-refractivity contribution in [3.05, 3.63) is 52.0 Å². The highest BCUT2D eigenvalue weighted by Crippen LogP contribution is 2.30. The van der Waals surface area contributed by atoms with Gasteiger partial charge in [0.15, 0.2) is 5.11 Å². The molecule has 0 unspecified atom stereocenters. The summed E-state index contributed by atoms with van der Waals surface area (Å²) in [5.74, 6) is -0.201. The lowest BCUT2D eigenvalue weighted by molar-refractivity contribution is -0.115. The molecule has 1 amide bonds. The van der Waals surface area contributed by atoms with E-state index in [4.69, 9.17) is 23.8 Å². The number of hydrogen-bond acceptors (Lipinski definition) is 3. The molecule has 1 aromatic heterocycles. The Morgan fingerprint density at radius 3 is 2.75 bits per heavy atom. The highest BCUT2D eigenvalue weighted by Gasteiger charge is 2.20. The average molecular weight is 321 g/mol. The van der Waals surface area contributed by atoms with Gasteiger partial charge in [-0.15, -0.1) is 11.3 Å². The van der Waals surface area contributed by atoms with E-state index in [0.29, 0.717) is 15.8 Å². The van der Waals surface area contributed by atoms with E-state index in [-0.39, 0.29) is 5.91 Å². The largest absolute Gasteiger partial charge is 0.328 e. The molecular formula is C14H9ClN2OS2. The van der Waals surface area contributed by atoms with Gasteiger partial charge in [0.1, 0.15) is 5.70 Å². The SMILES string of the molecule is O=C1NC(=S)NC1=Cc1ccc(-c2cccc(Cl)c2)s1. The lowest BCUT2D eigenvalue weighted by atomic mass is 10.2. The molecule has 2 N–H and O–H groups in total. The number of nitrogens with one attached hydrogen (secondary N) is 2. The van der Waals surface area contributed by atoms with E-state index in [1.807, 2.05) is 36.4 Å². The minimum atomic E-state index is -0.201. The van der Waals surface area contributed by atoms with E-state index < -0.39 is 0 Å². The summed E-state index contributed by atoms with van der Waals surface area (Å²) in [6, 6.07) is 11.7. The third-order valence-corrected chi connectivity index (χ3v) is 4.26. The van der Waals surface area contributed by atoms with Gasteiger partial charge >= 0.3 is 0 Å². The minimum absolute atomic E-state index is 0.201. The molecule has 1 saturated heterocycles. The van der Waals surface area contributed by atoms with Crippen LogP contribution < -0.4 is 10.6 Å². The lowest BCUT2D eigenvalue weighted by Gasteiger charge is -1.97. The molecule has 0 aliphatic carbocycles. The zero-order valence-electron chi connectivity index (χ0n) is 10.1. The second-order valence-corrected chi connectivity index (χ2v) is 6.14. The first kappa shape index (κ1) is 13.3. The molecule has 0 saturated carbocycles. The van der Waals surface area contributed by atoms with E-state index in [1.54, 1.807) is 17.4 Å². The average Bonchev–Trinajstić information content (AvgIpc) is 2.97. The van der Waals surface area contributed by atoms with Crippen molar-refractivity contribution in [2.75, 3.05) is 0 Å². The van der Waals surface area contributed by atoms with Gasteiger partial charge in [-0.25, -0.2) is 0 Å². The smallest absolute Gasteiger partial charge is 0.273 e. The normalized spacial score (nSPS) is 16.4. The van der Waals surface area contributed by atoms with Crippen LogP contribution in [0.2, 0.25) is 5.02 Å². The van der Waals surface area contributed by atoms with Crippen LogP contribution in [-0.4, -0.2) is 11.0 Å². The van der Waals surface area contributed by atoms with E-state index in [0.717, 1.165) is 15.3 Å². The summed E-state index contributed by atoms with van der Waals surface area (Å²) in [6.45, 7) is 0. The van der Waals surface area contributed by atoms with Gasteiger partial charge in [0, 0.05) is 14.8 Å². The highest BCUT2D eigenvalue weighted by molar-refractivity contribution is 7.80. The number of thiophene rings is 1. The Morgan fingerprint density at radius 2 is 2.05 bits per heavy atom. The van der Waals surface area contributed by atoms with E-state index in [2.05, 4.69) is 10.6 Å². The van der Waals surface area contributed by atoms with Crippen molar-refractivity contribution in [1.29, 1.82) is 0 Å². The molecule has 0 spiro atoms. The van der Waals surface area contributed by atoms with Crippen LogP contribution in [0.4, 0.5) is 0 Å². The maximum absolute atomic E-state index is 11.6. The van der Waals surface area contributed by atoms with Gasteiger partial charge < -0.3 is 5.32 Å². The number of amides is 1. The van der Waals surface area contributed by atoms with Crippen molar-refractivity contribution in [3.63, 3.8) is 0 Å². The van der Waals surface area contributed by atoms with Crippen LogP contribution in [0, 0.1) is 0 Å². The Morgan fingerprint density at radius 1 is 1.20 bits per heavy atom. The first-order chi connectivity index (χ1) is 9.61. The molecule has 1 aromatic carbocycles. The van der Waals surface area contributed by atoms with Crippen molar-refractivity contribution in [1.82, 2.24) is 10.6 Å². The van der Waals surface area contributed by atoms with Crippen LogP contribution in [0.1, 0.15) is 4.88 Å². The quantitative estimate of drug-likeness (QED) is 0.658. The van der Waals surface area contributed by atoms with Crippen LogP contribution in [0.25, 0.3) is 16.5 Å². The van der Waals surface area contributed by atoms with Gasteiger partial charge in [-0.3, -0.25) is 10.1 Å². The van der Waals surface area contributed by atoms with Gasteiger partial charge in [0.25, 0.3) is 5.91 Å². The third-order valence-electron chi connectivity index (χ3n) is 2.74. The van der Waals surface area contributed by atoms with E-state index in [9.17, 15) is 4.79 Å². The Hall–Kier alpha value is -1.69. The summed E-state index contributed by atoms with van der Waals surface area (Å²) in [5.41, 5.74) is 1.53. The van der Waals surface area contributed by atoms with Crippen molar-refractivity contribution >= 4 is 52.3 Å². The Bertz CT molecular complexity index is 736. The van der Waals surface area contributed by atoms with Crippen LogP contribution in [-0.2, 0) is 4.79 Å². The Kier molecular flexibility index (Phi) is 3.56. The summed E-state index contributed by atoms with van der Waals surface area (Å²) in [7, 11) is 0. The molecular weight excluding hydrogens is 312 g/mol. The van der Waals surface area contributed by atoms with Gasteiger partial charge in [-0.05, 0) is 48.1 Å². The van der Waals surface area contributed by atoms with Crippen molar-refractivity contribution in [2.24, 2.45) is 0 Å². The maximum atomic E-state index is 11.6. The first-order valence-electron chi connectivity index (χ1n) is 5.81. The summed E-state index contributed by atoms with van der Waals surface area (Å²) in [6.07, 6.45) is 1.79. The predicted molar refractivity (Wildman–Crippen MR) is 86.6 cm³/mol. The Labute approximate surface area is 130 Å². The van der Waals surface area contributed by atoms with Crippen molar-refractivity contribution in [2.45, 2.75) is 0 Å². The number of rotatable bonds is 2. The summed E-state index contributed by atoms with van der Waals surface area (Å²) in [5, 5.41) is 6.41. The lowest BCUT2D eigenvalue weighted by Crippen LogP contribution is -2.21. The molecule has 20 heavy (non-hydrogen) atoms. The first-order valence-corrected chi connectivity index (χ1v) is 7.42. The van der Waals surface area contributed by atoms with Gasteiger partial charge in [-0.1, -0.05) is 23.7 Å². The topological polar surface area (TPSA) is 41.1 Å². The summed E-state index contributed by atoms with van der Waals surface area (Å²) in [4.78, 5) is 13.6. The molecule has 2 aromatic rings. The molecule has 3 rings (SSSR count). The second-order valence-electron chi connectivity index (χ2n) is 4.18. The maximum Gasteiger partial charge on any atom is 0.273 e. The fraction of sp³-hybridized carbons (Fsp3) is 0. The zero-order chi connectivity index (χ0) is 14.1. The van der Waals surface area contributed by atoms with Crippen molar-refractivity contribution < 1.29 is 4.79 Å². The molecule has 2 heterocycles. The summed E-state index contributed by atoms with van der Waals surface area (Å²) >= 11 is 12.5. The second kappa shape index (κ2) is 5.36. The number of thiocarbonyl (C=S) groups is 1. The van der Waals surface area contributed by atoms with Gasteiger partial charge in [0.05, 0.1) is 0 Å². The van der Waals surface area contributed by atoms with Gasteiger partial charge in [-0.2, -0.15) is 0 Å². The zero-order valence-corrected chi connectivity index (χ0v) is 12.5. The molecule has 100 valence electrons. The van der Waals surface area contributed by atoms with Crippen LogP contribution >= 0.6 is 35.2 Å². The molecule has 1 aliphatic heterocycles. The van der Waals surface area contributed by atoms with E-state index in [1.165, 1.54) is 0 Å². The highest BCUT2D eigenvalue weighted by atomic mass is 35.5. The molecule has 0 radical (unpaired) electrons. The molecule has 6 heteroatoms. The van der Waals surface area contributed by atoms with Crippen LogP contribution in [0.15, 0.2) is 42.1 Å². The molecule has 3 nitrogen and oxygen atoms in total. The standard InChI is InChI=1S/C14H9ClN2OS2/c15-9-3-1-2-8(6-9)12-5-4-10(20-12)7-11-13(18)17-14(19)16-11/h1-7H,(H2,16,17,18,19). The van der Waals surface area contributed by atoms with Crippen LogP contribution in [0.5, 0.6) is 0 Å². The predicted octanol–water partition coefficient (Wildman–Crippen LogP) is 3.41. The van der Waals surface area contributed by atoms with Crippen LogP contribution in [0.3, 0.4) is 0 Å². The number of carbonyl (C=O) groups excluding carboxylic acids is 1. The fourth-order valence-electron chi connectivity index (χ4n) is 1.85. The fourth-order valence-corrected chi connectivity index (χ4v) is 3.19. The Balaban J connectivity index is 1.89. The van der Waals surface area contributed by atoms with E-state index >= 15 is 0 Å².